The molecule has 0 bridgehead atoms. The van der Waals surface area contributed by atoms with Crippen molar-refractivity contribution in [1.82, 2.24) is 0 Å². The van der Waals surface area contributed by atoms with Gasteiger partial charge in [0.05, 0.1) is 11.4 Å². The van der Waals surface area contributed by atoms with Crippen molar-refractivity contribution >= 4 is 163 Å². The Labute approximate surface area is 831 Å². The van der Waals surface area contributed by atoms with Crippen LogP contribution >= 0.6 is 0 Å². The van der Waals surface area contributed by atoms with Gasteiger partial charge in [0.25, 0.3) is 0 Å². The second-order valence-corrected chi connectivity index (χ2v) is 38.7. The van der Waals surface area contributed by atoms with Crippen LogP contribution in [0.2, 0.25) is 0 Å². The van der Waals surface area contributed by atoms with Crippen LogP contribution < -0.4 is 9.80 Å². The van der Waals surface area contributed by atoms with Gasteiger partial charge in [-0.15, -0.1) is 0 Å². The third-order valence-electron chi connectivity index (χ3n) is 30.3. The SMILES string of the molecule is CC1(C)c2cc(-c3ccc4c(c3)c3ccccc3c3c(-c5ccccc5)cc(-c5ccccc5)c(-c5ccccc5)c43)ccc2-c2ccc(N(c3cc4ccccc4c4ccccc34)c3cc4ccccc4c4ccccc34)cc21.c1ccc(-c2cc(-c3ccccc3)c3c4ccccc4c4cc(-c5ccc6c(ccc7cc(N(c8ccccc8)c8ccccc8)ccc76)c5)ccc4c3c2-c2ccccc2)cc1. The maximum Gasteiger partial charge on any atom is 0.0546 e. The van der Waals surface area contributed by atoms with Gasteiger partial charge in [0.2, 0.25) is 0 Å². The average Bonchev–Trinajstić information content (AvgIpc) is 1.61. The van der Waals surface area contributed by atoms with Gasteiger partial charge in [-0.05, 0) is 327 Å². The normalized spacial score (nSPS) is 12.2. The topological polar surface area (TPSA) is 6.48 Å². The zero-order valence-electron chi connectivity index (χ0n) is 79.2. The molecule has 0 spiro atoms. The van der Waals surface area contributed by atoms with Gasteiger partial charge in [0.15, 0.2) is 0 Å². The highest BCUT2D eigenvalue weighted by Crippen LogP contribution is 2.57. The van der Waals surface area contributed by atoms with Crippen molar-refractivity contribution in [1.29, 1.82) is 0 Å². The Morgan fingerprint density at radius 1 is 0.140 bits per heavy atom. The van der Waals surface area contributed by atoms with Crippen LogP contribution in [0.5, 0.6) is 0 Å². The Bertz CT molecular complexity index is 9610. The van der Waals surface area contributed by atoms with E-state index in [0.29, 0.717) is 0 Å². The molecule has 1 aliphatic rings. The number of nitrogens with zero attached hydrogens (tertiary/aromatic N) is 2. The van der Waals surface area contributed by atoms with E-state index in [2.05, 4.69) is 557 Å². The summed E-state index contributed by atoms with van der Waals surface area (Å²) in [7, 11) is 0. The van der Waals surface area contributed by atoms with Crippen LogP contribution in [0.3, 0.4) is 0 Å². The molecular weight excluding hydrogens is 1720 g/mol. The number of fused-ring (bicyclic) bond motifs is 24. The molecule has 2 heteroatoms. The number of rotatable bonds is 14. The summed E-state index contributed by atoms with van der Waals surface area (Å²) in [6.07, 6.45) is 0. The van der Waals surface area contributed by atoms with Gasteiger partial charge in [0, 0.05) is 38.9 Å². The van der Waals surface area contributed by atoms with Crippen LogP contribution in [0.25, 0.3) is 229 Å². The van der Waals surface area contributed by atoms with Crippen molar-refractivity contribution < 1.29 is 0 Å². The smallest absolute Gasteiger partial charge is 0.0546 e. The molecular formula is C141H94N2. The first-order chi connectivity index (χ1) is 70.7. The zero-order valence-corrected chi connectivity index (χ0v) is 79.2. The minimum Gasteiger partial charge on any atom is -0.310 e. The van der Waals surface area contributed by atoms with Crippen molar-refractivity contribution in [2.75, 3.05) is 9.80 Å². The van der Waals surface area contributed by atoms with Gasteiger partial charge in [-0.2, -0.15) is 0 Å². The van der Waals surface area contributed by atoms with Crippen molar-refractivity contribution in [2.45, 2.75) is 19.3 Å². The molecule has 2 nitrogen and oxygen atoms in total. The molecule has 0 saturated heterocycles. The molecule has 0 radical (unpaired) electrons. The first-order valence-corrected chi connectivity index (χ1v) is 49.7. The monoisotopic (exact) mass is 1810 g/mol. The fourth-order valence-electron chi connectivity index (χ4n) is 23.7. The van der Waals surface area contributed by atoms with Crippen LogP contribution in [0.15, 0.2) is 534 Å². The van der Waals surface area contributed by atoms with Gasteiger partial charge in [-0.25, -0.2) is 0 Å². The molecule has 28 rings (SSSR count). The predicted octanol–water partition coefficient (Wildman–Crippen LogP) is 39.8. The van der Waals surface area contributed by atoms with Crippen LogP contribution in [0.1, 0.15) is 25.0 Å². The minimum absolute atomic E-state index is 0.300. The molecule has 0 aromatic heterocycles. The third-order valence-corrected chi connectivity index (χ3v) is 30.3. The second kappa shape index (κ2) is 34.7. The molecule has 0 saturated carbocycles. The standard InChI is InChI=1S/C79H53N.C62H41N/c1-79(2)72-45-54(53-39-42-68-71(44-53)62-34-18-21-37-67(62)77-70(51-24-8-4-9-25-51)49-69(50-22-6-3-7-23-50)76(78(68)77)52-26-10-5-11-27-52)38-41-63(72)64-43-40-57(48-73(64)79)80(74-46-55-28-12-14-30-58(55)60-32-16-19-35-65(60)74)75-47-56-29-13-15-31-59(56)61-33-17-20-36-66(61)75;1-6-18-42(19-7-1)57-41-58(43-20-8-2-9-21-43)61-55-29-17-16-28-54(55)59-40-46(33-36-56(59)62(61)60(57)44-22-10-3-11-23-44)45-32-35-52-47(38-45)30-31-48-39-51(34-37-53(48)52)63(49-24-12-4-13-25-49)50-26-14-5-15-27-50/h3-49H,1-2H3;1-41H. The highest BCUT2D eigenvalue weighted by atomic mass is 15.2. The van der Waals surface area contributed by atoms with E-state index >= 15 is 0 Å². The van der Waals surface area contributed by atoms with Crippen molar-refractivity contribution in [3.05, 3.63) is 545 Å². The fourth-order valence-corrected chi connectivity index (χ4v) is 23.7. The number of para-hydroxylation sites is 2. The first-order valence-electron chi connectivity index (χ1n) is 49.7. The molecule has 0 amide bonds. The molecule has 0 N–H and O–H groups in total. The highest BCUT2D eigenvalue weighted by molar-refractivity contribution is 6.35. The van der Waals surface area contributed by atoms with Crippen molar-refractivity contribution in [3.8, 4) is 100 Å². The van der Waals surface area contributed by atoms with Crippen molar-refractivity contribution in [2.24, 2.45) is 0 Å². The van der Waals surface area contributed by atoms with E-state index in [0.717, 1.165) is 34.1 Å². The maximum atomic E-state index is 2.55. The van der Waals surface area contributed by atoms with Crippen LogP contribution in [-0.4, -0.2) is 0 Å². The molecule has 27 aromatic rings. The predicted molar refractivity (Wildman–Crippen MR) is 613 cm³/mol. The Hall–Kier alpha value is -18.3. The lowest BCUT2D eigenvalue weighted by atomic mass is 9.80. The number of hydrogen-bond acceptors (Lipinski definition) is 2. The summed E-state index contributed by atoms with van der Waals surface area (Å²) < 4.78 is 0. The molecule has 0 atom stereocenters. The lowest BCUT2D eigenvalue weighted by molar-refractivity contribution is 0.660. The second-order valence-electron chi connectivity index (χ2n) is 38.7. The average molecular weight is 1820 g/mol. The van der Waals surface area contributed by atoms with Crippen LogP contribution in [-0.2, 0) is 5.41 Å². The molecule has 0 unspecified atom stereocenters. The maximum absolute atomic E-state index is 2.55. The summed E-state index contributed by atoms with van der Waals surface area (Å²) in [5.74, 6) is 0. The summed E-state index contributed by atoms with van der Waals surface area (Å²) >= 11 is 0. The van der Waals surface area contributed by atoms with E-state index in [-0.39, 0.29) is 5.41 Å². The van der Waals surface area contributed by atoms with E-state index in [1.54, 1.807) is 0 Å². The van der Waals surface area contributed by atoms with Gasteiger partial charge in [0.1, 0.15) is 0 Å². The van der Waals surface area contributed by atoms with E-state index in [4.69, 9.17) is 0 Å². The lowest BCUT2D eigenvalue weighted by Crippen LogP contribution is -2.17. The summed E-state index contributed by atoms with van der Waals surface area (Å²) in [5.41, 5.74) is 31.4. The molecule has 0 heterocycles. The van der Waals surface area contributed by atoms with Gasteiger partial charge in [-0.3, -0.25) is 0 Å². The van der Waals surface area contributed by atoms with Crippen molar-refractivity contribution in [3.63, 3.8) is 0 Å². The highest BCUT2D eigenvalue weighted by Gasteiger charge is 2.38. The molecule has 0 aliphatic heterocycles. The minimum atomic E-state index is -0.300. The number of anilines is 6. The zero-order chi connectivity index (χ0) is 94.7. The molecule has 1 aliphatic carbocycles. The molecule has 0 fully saturated rings. The lowest BCUT2D eigenvalue weighted by Gasteiger charge is -2.31. The van der Waals surface area contributed by atoms with Crippen LogP contribution in [0.4, 0.5) is 34.1 Å². The van der Waals surface area contributed by atoms with E-state index < -0.39 is 0 Å². The first kappa shape index (κ1) is 84.0. The molecule has 27 aromatic carbocycles. The summed E-state index contributed by atoms with van der Waals surface area (Å²) in [6.45, 7) is 4.85. The van der Waals surface area contributed by atoms with Gasteiger partial charge < -0.3 is 9.80 Å². The summed E-state index contributed by atoms with van der Waals surface area (Å²) in [6, 6.07) is 197. The van der Waals surface area contributed by atoms with E-state index in [1.165, 1.54) is 241 Å². The number of benzene rings is 27. The quantitative estimate of drug-likeness (QED) is 0.100. The Balaban J connectivity index is 0.000000147. The Morgan fingerprint density at radius 3 is 0.853 bits per heavy atom. The van der Waals surface area contributed by atoms with Crippen LogP contribution in [0, 0.1) is 0 Å². The summed E-state index contributed by atoms with van der Waals surface area (Å²) in [4.78, 5) is 4.87. The van der Waals surface area contributed by atoms with Gasteiger partial charge >= 0.3 is 0 Å². The third kappa shape index (κ3) is 14.2. The number of hydrogen-bond donors (Lipinski definition) is 0. The molecule has 143 heavy (non-hydrogen) atoms. The van der Waals surface area contributed by atoms with Gasteiger partial charge in [-0.1, -0.05) is 451 Å². The van der Waals surface area contributed by atoms with E-state index in [9.17, 15) is 0 Å². The largest absolute Gasteiger partial charge is 0.310 e. The Kier molecular flexibility index (Phi) is 20.4. The molecule has 668 valence electrons. The van der Waals surface area contributed by atoms with E-state index in [1.807, 2.05) is 0 Å². The Morgan fingerprint density at radius 2 is 0.420 bits per heavy atom. The summed E-state index contributed by atoms with van der Waals surface area (Å²) in [5, 5.41) is 30.0. The fraction of sp³-hybridized carbons (Fsp3) is 0.0213.